The Bertz CT molecular complexity index is 568. The minimum Gasteiger partial charge on any atom is -0.489 e. The predicted molar refractivity (Wildman–Crippen MR) is 80.8 cm³/mol. The third kappa shape index (κ3) is 3.73. The second-order valence-corrected chi connectivity index (χ2v) is 7.81. The van der Waals surface area contributed by atoms with Gasteiger partial charge in [-0.2, -0.15) is 0 Å². The van der Waals surface area contributed by atoms with Crippen molar-refractivity contribution in [3.63, 3.8) is 0 Å². The molecule has 0 amide bonds. The van der Waals surface area contributed by atoms with Crippen LogP contribution in [-0.4, -0.2) is 32.1 Å². The van der Waals surface area contributed by atoms with E-state index >= 15 is 0 Å². The first-order valence-electron chi connectivity index (χ1n) is 7.12. The molecule has 2 atom stereocenters. The van der Waals surface area contributed by atoms with Crippen LogP contribution in [0, 0.1) is 6.92 Å². The zero-order valence-electron chi connectivity index (χ0n) is 12.1. The molecule has 2 rings (SSSR count). The largest absolute Gasteiger partial charge is 0.489 e. The molecule has 4 nitrogen and oxygen atoms in total. The lowest BCUT2D eigenvalue weighted by atomic mass is 10.0. The maximum Gasteiger partial charge on any atom is 0.154 e. The van der Waals surface area contributed by atoms with Crippen molar-refractivity contribution in [2.24, 2.45) is 5.73 Å². The van der Waals surface area contributed by atoms with E-state index in [1.807, 2.05) is 25.1 Å². The number of para-hydroxylation sites is 1. The van der Waals surface area contributed by atoms with E-state index in [1.54, 1.807) is 0 Å². The molecular weight excluding hydrogens is 274 g/mol. The van der Waals surface area contributed by atoms with Gasteiger partial charge in [-0.1, -0.05) is 25.1 Å². The van der Waals surface area contributed by atoms with Crippen molar-refractivity contribution in [3.8, 4) is 5.75 Å². The second kappa shape index (κ2) is 6.14. The lowest BCUT2D eigenvalue weighted by Gasteiger charge is -2.19. The highest BCUT2D eigenvalue weighted by atomic mass is 32.2. The maximum atomic E-state index is 11.5. The first kappa shape index (κ1) is 15.3. The van der Waals surface area contributed by atoms with E-state index in [1.165, 1.54) is 0 Å². The van der Waals surface area contributed by atoms with Crippen molar-refractivity contribution >= 4 is 9.84 Å². The van der Waals surface area contributed by atoms with Crippen molar-refractivity contribution in [1.82, 2.24) is 0 Å². The summed E-state index contributed by atoms with van der Waals surface area (Å²) in [5, 5.41) is 0. The predicted octanol–water partition coefficient (Wildman–Crippen LogP) is 1.84. The third-order valence-corrected chi connectivity index (χ3v) is 5.51. The third-order valence-electron chi connectivity index (χ3n) is 3.78. The highest BCUT2D eigenvalue weighted by molar-refractivity contribution is 7.91. The average molecular weight is 297 g/mol. The summed E-state index contributed by atoms with van der Waals surface area (Å²) < 4.78 is 29.0. The fourth-order valence-electron chi connectivity index (χ4n) is 2.49. The number of rotatable bonds is 5. The smallest absolute Gasteiger partial charge is 0.154 e. The minimum atomic E-state index is -2.92. The Balaban J connectivity index is 2.18. The molecule has 1 aliphatic rings. The Kier molecular flexibility index (Phi) is 4.70. The molecule has 5 heteroatoms. The second-order valence-electron chi connectivity index (χ2n) is 5.58. The van der Waals surface area contributed by atoms with E-state index < -0.39 is 9.84 Å². The molecule has 1 saturated heterocycles. The van der Waals surface area contributed by atoms with Crippen LogP contribution in [0.3, 0.4) is 0 Å². The zero-order chi connectivity index (χ0) is 14.8. The summed E-state index contributed by atoms with van der Waals surface area (Å²) >= 11 is 0. The highest BCUT2D eigenvalue weighted by Gasteiger charge is 2.30. The summed E-state index contributed by atoms with van der Waals surface area (Å²) in [7, 11) is -2.92. The molecule has 0 saturated carbocycles. The Morgan fingerprint density at radius 1 is 1.45 bits per heavy atom. The Labute approximate surface area is 121 Å². The number of sulfone groups is 1. The SMILES string of the molecule is CCC(N)Cc1cccc(C)c1OC1CCS(=O)(=O)C1. The van der Waals surface area contributed by atoms with Gasteiger partial charge in [0.1, 0.15) is 11.9 Å². The van der Waals surface area contributed by atoms with Crippen molar-refractivity contribution in [3.05, 3.63) is 29.3 Å². The molecular formula is C15H23NO3S. The van der Waals surface area contributed by atoms with E-state index in [0.717, 1.165) is 29.7 Å². The molecule has 0 radical (unpaired) electrons. The quantitative estimate of drug-likeness (QED) is 0.900. The summed E-state index contributed by atoms with van der Waals surface area (Å²) in [5.41, 5.74) is 8.13. The van der Waals surface area contributed by atoms with Crippen molar-refractivity contribution in [2.75, 3.05) is 11.5 Å². The van der Waals surface area contributed by atoms with Gasteiger partial charge in [0.15, 0.2) is 9.84 Å². The Morgan fingerprint density at radius 3 is 2.80 bits per heavy atom. The van der Waals surface area contributed by atoms with Crippen LogP contribution in [0.25, 0.3) is 0 Å². The van der Waals surface area contributed by atoms with Gasteiger partial charge in [-0.3, -0.25) is 0 Å². The lowest BCUT2D eigenvalue weighted by molar-refractivity contribution is 0.224. The zero-order valence-corrected chi connectivity index (χ0v) is 12.9. The monoisotopic (exact) mass is 297 g/mol. The number of hydrogen-bond acceptors (Lipinski definition) is 4. The Morgan fingerprint density at radius 2 is 2.20 bits per heavy atom. The number of ether oxygens (including phenoxy) is 1. The van der Waals surface area contributed by atoms with Gasteiger partial charge < -0.3 is 10.5 Å². The molecule has 1 aromatic rings. The van der Waals surface area contributed by atoms with E-state index in [4.69, 9.17) is 10.5 Å². The van der Waals surface area contributed by atoms with Crippen LogP contribution in [0.1, 0.15) is 30.9 Å². The van der Waals surface area contributed by atoms with E-state index in [-0.39, 0.29) is 23.7 Å². The fourth-order valence-corrected chi connectivity index (χ4v) is 4.08. The molecule has 0 aliphatic carbocycles. The van der Waals surface area contributed by atoms with Crippen molar-refractivity contribution in [2.45, 2.75) is 45.3 Å². The van der Waals surface area contributed by atoms with Gasteiger partial charge in [-0.05, 0) is 37.3 Å². The maximum absolute atomic E-state index is 11.5. The Hall–Kier alpha value is -1.07. The van der Waals surface area contributed by atoms with Gasteiger partial charge >= 0.3 is 0 Å². The standard InChI is InChI=1S/C15H23NO3S/c1-3-13(16)9-12-6-4-5-11(2)15(12)19-14-7-8-20(17,18)10-14/h4-6,13-14H,3,7-10,16H2,1-2H3. The number of hydrogen-bond donors (Lipinski definition) is 1. The molecule has 2 N–H and O–H groups in total. The number of nitrogens with two attached hydrogens (primary N) is 1. The lowest BCUT2D eigenvalue weighted by Crippen LogP contribution is -2.23. The molecule has 2 unspecified atom stereocenters. The average Bonchev–Trinajstić information content (AvgIpc) is 2.73. The van der Waals surface area contributed by atoms with Gasteiger partial charge in [-0.25, -0.2) is 8.42 Å². The van der Waals surface area contributed by atoms with E-state index in [2.05, 4.69) is 6.92 Å². The van der Waals surface area contributed by atoms with E-state index in [9.17, 15) is 8.42 Å². The van der Waals surface area contributed by atoms with Crippen LogP contribution in [0.5, 0.6) is 5.75 Å². The number of benzene rings is 1. The summed E-state index contributed by atoms with van der Waals surface area (Å²) in [5.74, 6) is 1.17. The molecule has 20 heavy (non-hydrogen) atoms. The topological polar surface area (TPSA) is 69.4 Å². The normalized spacial score (nSPS) is 22.6. The molecule has 1 fully saturated rings. The number of aryl methyl sites for hydroxylation is 1. The van der Waals surface area contributed by atoms with Gasteiger partial charge in [-0.15, -0.1) is 0 Å². The summed E-state index contributed by atoms with van der Waals surface area (Å²) in [6.45, 7) is 4.05. The first-order chi connectivity index (χ1) is 9.41. The van der Waals surface area contributed by atoms with Crippen molar-refractivity contribution < 1.29 is 13.2 Å². The molecule has 1 aliphatic heterocycles. The fraction of sp³-hybridized carbons (Fsp3) is 0.600. The van der Waals surface area contributed by atoms with Crippen LogP contribution < -0.4 is 10.5 Å². The van der Waals surface area contributed by atoms with Gasteiger partial charge in [0, 0.05) is 6.04 Å². The summed E-state index contributed by atoms with van der Waals surface area (Å²) in [6.07, 6.45) is 2.02. The summed E-state index contributed by atoms with van der Waals surface area (Å²) in [4.78, 5) is 0. The van der Waals surface area contributed by atoms with Crippen LogP contribution in [-0.2, 0) is 16.3 Å². The molecule has 1 aromatic carbocycles. The van der Waals surface area contributed by atoms with E-state index in [0.29, 0.717) is 6.42 Å². The van der Waals surface area contributed by atoms with Crippen LogP contribution in [0.4, 0.5) is 0 Å². The molecule has 0 aromatic heterocycles. The van der Waals surface area contributed by atoms with Crippen LogP contribution in [0.2, 0.25) is 0 Å². The van der Waals surface area contributed by atoms with Crippen molar-refractivity contribution in [1.29, 1.82) is 0 Å². The molecule has 112 valence electrons. The van der Waals surface area contributed by atoms with Crippen LogP contribution in [0.15, 0.2) is 18.2 Å². The van der Waals surface area contributed by atoms with Gasteiger partial charge in [0.2, 0.25) is 0 Å². The molecule has 0 bridgehead atoms. The first-order valence-corrected chi connectivity index (χ1v) is 8.94. The van der Waals surface area contributed by atoms with Crippen LogP contribution >= 0.6 is 0 Å². The molecule has 1 heterocycles. The minimum absolute atomic E-state index is 0.103. The highest BCUT2D eigenvalue weighted by Crippen LogP contribution is 2.28. The summed E-state index contributed by atoms with van der Waals surface area (Å²) in [6, 6.07) is 6.10. The molecule has 0 spiro atoms. The van der Waals surface area contributed by atoms with Gasteiger partial charge in [0.05, 0.1) is 11.5 Å². The van der Waals surface area contributed by atoms with Gasteiger partial charge in [0.25, 0.3) is 0 Å².